The van der Waals surface area contributed by atoms with E-state index in [9.17, 15) is 0 Å². The maximum absolute atomic E-state index is 5.61. The predicted molar refractivity (Wildman–Crippen MR) is 95.1 cm³/mol. The average Bonchev–Trinajstić information content (AvgIpc) is 2.57. The van der Waals surface area contributed by atoms with Gasteiger partial charge >= 0.3 is 0 Å². The van der Waals surface area contributed by atoms with Gasteiger partial charge in [0.2, 0.25) is 0 Å². The molecule has 1 saturated carbocycles. The smallest absolute Gasteiger partial charge is 0.0716 e. The zero-order chi connectivity index (χ0) is 15.6. The number of allylic oxidation sites excluding steroid dienone is 2. The molecule has 0 unspecified atom stereocenters. The molecule has 122 valence electrons. The summed E-state index contributed by atoms with van der Waals surface area (Å²) in [6, 6.07) is 9.15. The third-order valence-electron chi connectivity index (χ3n) is 4.79. The van der Waals surface area contributed by atoms with E-state index < -0.39 is 0 Å². The van der Waals surface area contributed by atoms with Gasteiger partial charge in [-0.15, -0.1) is 0 Å². The molecule has 1 fully saturated rings. The second kappa shape index (κ2) is 9.84. The van der Waals surface area contributed by atoms with Gasteiger partial charge in [0.1, 0.15) is 0 Å². The second-order valence-corrected chi connectivity index (χ2v) is 6.63. The van der Waals surface area contributed by atoms with Crippen molar-refractivity contribution in [1.82, 2.24) is 0 Å². The highest BCUT2D eigenvalue weighted by atomic mass is 16.5. The Hall–Kier alpha value is -1.08. The van der Waals surface area contributed by atoms with Crippen molar-refractivity contribution < 1.29 is 4.74 Å². The molecule has 0 atom stereocenters. The number of benzene rings is 1. The van der Waals surface area contributed by atoms with E-state index in [2.05, 4.69) is 50.3 Å². The largest absolute Gasteiger partial charge is 0.377 e. The summed E-state index contributed by atoms with van der Waals surface area (Å²) >= 11 is 0. The molecule has 1 nitrogen and oxygen atoms in total. The lowest BCUT2D eigenvalue weighted by molar-refractivity contribution is 0.121. The van der Waals surface area contributed by atoms with E-state index in [1.807, 2.05) is 0 Å². The molecule has 0 radical (unpaired) electrons. The average molecular weight is 300 g/mol. The van der Waals surface area contributed by atoms with Crippen molar-refractivity contribution in [3.8, 4) is 0 Å². The SMILES string of the molecule is CCC=CCC1CCC(c2ccc(COCCC)cc2)CC1. The first-order chi connectivity index (χ1) is 10.8. The Morgan fingerprint density at radius 2 is 1.73 bits per heavy atom. The van der Waals surface area contributed by atoms with Crippen LogP contribution in [-0.2, 0) is 11.3 Å². The van der Waals surface area contributed by atoms with Crippen molar-refractivity contribution in [2.24, 2.45) is 5.92 Å². The Morgan fingerprint density at radius 1 is 1.00 bits per heavy atom. The first-order valence-electron chi connectivity index (χ1n) is 9.15. The van der Waals surface area contributed by atoms with Crippen LogP contribution in [0.3, 0.4) is 0 Å². The fraction of sp³-hybridized carbons (Fsp3) is 0.619. The van der Waals surface area contributed by atoms with Crippen LogP contribution in [0.15, 0.2) is 36.4 Å². The van der Waals surface area contributed by atoms with Crippen LogP contribution in [0.2, 0.25) is 0 Å². The monoisotopic (exact) mass is 300 g/mol. The van der Waals surface area contributed by atoms with Crippen LogP contribution >= 0.6 is 0 Å². The summed E-state index contributed by atoms with van der Waals surface area (Å²) in [5.41, 5.74) is 2.83. The standard InChI is InChI=1S/C21H32O/c1-3-5-6-7-18-8-12-20(13-9-18)21-14-10-19(11-15-21)17-22-16-4-2/h5-6,10-11,14-15,18,20H,3-4,7-9,12-13,16-17H2,1-2H3. The molecule has 1 aromatic rings. The molecular formula is C21H32O. The highest BCUT2D eigenvalue weighted by Crippen LogP contribution is 2.37. The minimum absolute atomic E-state index is 0.755. The summed E-state index contributed by atoms with van der Waals surface area (Å²) in [6.07, 6.45) is 13.7. The van der Waals surface area contributed by atoms with Gasteiger partial charge in [-0.1, -0.05) is 50.3 Å². The fourth-order valence-electron chi connectivity index (χ4n) is 3.41. The molecule has 0 spiro atoms. The summed E-state index contributed by atoms with van der Waals surface area (Å²) in [6.45, 7) is 5.98. The quantitative estimate of drug-likeness (QED) is 0.407. The minimum Gasteiger partial charge on any atom is -0.377 e. The summed E-state index contributed by atoms with van der Waals surface area (Å²) in [7, 11) is 0. The molecule has 2 rings (SSSR count). The van der Waals surface area contributed by atoms with Crippen molar-refractivity contribution in [2.75, 3.05) is 6.61 Å². The molecule has 0 aliphatic heterocycles. The van der Waals surface area contributed by atoms with Crippen molar-refractivity contribution in [3.05, 3.63) is 47.5 Å². The predicted octanol–water partition coefficient (Wildman–Crippen LogP) is 6.24. The van der Waals surface area contributed by atoms with Gasteiger partial charge in [0, 0.05) is 6.61 Å². The lowest BCUT2D eigenvalue weighted by Crippen LogP contribution is -2.12. The molecule has 1 aliphatic rings. The van der Waals surface area contributed by atoms with Crippen LogP contribution in [0.1, 0.15) is 75.8 Å². The van der Waals surface area contributed by atoms with E-state index in [0.29, 0.717) is 0 Å². The molecule has 1 aromatic carbocycles. The highest BCUT2D eigenvalue weighted by molar-refractivity contribution is 5.25. The zero-order valence-electron chi connectivity index (χ0n) is 14.4. The number of rotatable bonds is 8. The van der Waals surface area contributed by atoms with E-state index in [-0.39, 0.29) is 0 Å². The fourth-order valence-corrected chi connectivity index (χ4v) is 3.41. The summed E-state index contributed by atoms with van der Waals surface area (Å²) < 4.78 is 5.61. The molecule has 0 heterocycles. The van der Waals surface area contributed by atoms with Gasteiger partial charge in [-0.2, -0.15) is 0 Å². The van der Waals surface area contributed by atoms with Gasteiger partial charge in [-0.3, -0.25) is 0 Å². The number of hydrogen-bond donors (Lipinski definition) is 0. The minimum atomic E-state index is 0.755. The Bertz CT molecular complexity index is 424. The van der Waals surface area contributed by atoms with E-state index >= 15 is 0 Å². The first-order valence-corrected chi connectivity index (χ1v) is 9.15. The third-order valence-corrected chi connectivity index (χ3v) is 4.79. The Balaban J connectivity index is 1.77. The van der Waals surface area contributed by atoms with E-state index in [1.165, 1.54) is 49.7 Å². The molecule has 0 bridgehead atoms. The van der Waals surface area contributed by atoms with Gasteiger partial charge in [-0.05, 0) is 67.9 Å². The van der Waals surface area contributed by atoms with E-state index in [1.54, 1.807) is 0 Å². The maximum atomic E-state index is 5.61. The lowest BCUT2D eigenvalue weighted by atomic mass is 9.77. The topological polar surface area (TPSA) is 9.23 Å². The molecular weight excluding hydrogens is 268 g/mol. The van der Waals surface area contributed by atoms with E-state index in [4.69, 9.17) is 4.74 Å². The zero-order valence-corrected chi connectivity index (χ0v) is 14.4. The molecule has 0 N–H and O–H groups in total. The van der Waals surface area contributed by atoms with Crippen LogP contribution in [0.25, 0.3) is 0 Å². The summed E-state index contributed by atoms with van der Waals surface area (Å²) in [5.74, 6) is 1.69. The van der Waals surface area contributed by atoms with Gasteiger partial charge < -0.3 is 4.74 Å². The normalized spacial score (nSPS) is 22.3. The van der Waals surface area contributed by atoms with Crippen molar-refractivity contribution in [2.45, 2.75) is 71.3 Å². The molecule has 0 amide bonds. The number of ether oxygens (including phenoxy) is 1. The Morgan fingerprint density at radius 3 is 2.36 bits per heavy atom. The van der Waals surface area contributed by atoms with Crippen molar-refractivity contribution in [3.63, 3.8) is 0 Å². The molecule has 1 heteroatoms. The van der Waals surface area contributed by atoms with E-state index in [0.717, 1.165) is 31.5 Å². The first kappa shape index (κ1) is 17.3. The third kappa shape index (κ3) is 5.61. The van der Waals surface area contributed by atoms with Crippen molar-refractivity contribution >= 4 is 0 Å². The van der Waals surface area contributed by atoms with Gasteiger partial charge in [-0.25, -0.2) is 0 Å². The molecule has 0 saturated heterocycles. The van der Waals surface area contributed by atoms with Crippen LogP contribution in [-0.4, -0.2) is 6.61 Å². The highest BCUT2D eigenvalue weighted by Gasteiger charge is 2.21. The van der Waals surface area contributed by atoms with Crippen molar-refractivity contribution in [1.29, 1.82) is 0 Å². The van der Waals surface area contributed by atoms with Gasteiger partial charge in [0.25, 0.3) is 0 Å². The van der Waals surface area contributed by atoms with Crippen LogP contribution < -0.4 is 0 Å². The molecule has 0 aromatic heterocycles. The molecule has 22 heavy (non-hydrogen) atoms. The Labute approximate surface area is 136 Å². The molecule has 1 aliphatic carbocycles. The summed E-state index contributed by atoms with van der Waals surface area (Å²) in [5, 5.41) is 0. The lowest BCUT2D eigenvalue weighted by Gasteiger charge is -2.28. The maximum Gasteiger partial charge on any atom is 0.0716 e. The summed E-state index contributed by atoms with van der Waals surface area (Å²) in [4.78, 5) is 0. The van der Waals surface area contributed by atoms with Crippen LogP contribution in [0, 0.1) is 5.92 Å². The van der Waals surface area contributed by atoms with Gasteiger partial charge in [0.15, 0.2) is 0 Å². The van der Waals surface area contributed by atoms with Gasteiger partial charge in [0.05, 0.1) is 6.61 Å². The second-order valence-electron chi connectivity index (χ2n) is 6.63. The van der Waals surface area contributed by atoms with Crippen LogP contribution in [0.5, 0.6) is 0 Å². The van der Waals surface area contributed by atoms with Crippen LogP contribution in [0.4, 0.5) is 0 Å². The Kier molecular flexibility index (Phi) is 7.73. The number of hydrogen-bond acceptors (Lipinski definition) is 1.